The highest BCUT2D eigenvalue weighted by Crippen LogP contribution is 2.35. The molecule has 2 aromatic rings. The molecule has 0 fully saturated rings. The molecule has 0 aliphatic heterocycles. The Hall–Kier alpha value is -1.15. The number of ether oxygens (including phenoxy) is 1. The van der Waals surface area contributed by atoms with Gasteiger partial charge in [0.05, 0.1) is 5.02 Å². The van der Waals surface area contributed by atoms with E-state index >= 15 is 0 Å². The normalized spacial score (nSPS) is 11.4. The van der Waals surface area contributed by atoms with Crippen molar-refractivity contribution in [2.45, 2.75) is 11.5 Å². The van der Waals surface area contributed by atoms with Crippen molar-refractivity contribution >= 4 is 37.6 Å². The molecule has 0 radical (unpaired) electrons. The fourth-order valence-electron chi connectivity index (χ4n) is 1.67. The average Bonchev–Trinajstić information content (AvgIpc) is 2.36. The Balaban J connectivity index is 2.36. The third-order valence-corrected chi connectivity index (χ3v) is 4.21. The van der Waals surface area contributed by atoms with Gasteiger partial charge in [-0.3, -0.25) is 0 Å². The van der Waals surface area contributed by atoms with Crippen molar-refractivity contribution in [2.75, 3.05) is 0 Å². The Morgan fingerprint density at radius 3 is 2.62 bits per heavy atom. The standard InChI is InChI=1S/C13H10BrClFNO3S/c14-9-5-11(15)13(12(6-9)21(17,18)19)20-7-8-2-1-3-10(16)4-8/h1-6H,7H2,(H2,17,18,19). The Labute approximate surface area is 134 Å². The molecule has 0 aromatic heterocycles. The summed E-state index contributed by atoms with van der Waals surface area (Å²) < 4.78 is 42.1. The summed E-state index contributed by atoms with van der Waals surface area (Å²) in [4.78, 5) is -0.238. The van der Waals surface area contributed by atoms with Gasteiger partial charge < -0.3 is 4.74 Å². The summed E-state index contributed by atoms with van der Waals surface area (Å²) in [7, 11) is -4.00. The van der Waals surface area contributed by atoms with Crippen molar-refractivity contribution < 1.29 is 17.5 Å². The van der Waals surface area contributed by atoms with E-state index in [1.165, 1.54) is 30.3 Å². The van der Waals surface area contributed by atoms with Crippen molar-refractivity contribution in [3.05, 3.63) is 57.3 Å². The minimum Gasteiger partial charge on any atom is -0.486 e. The Kier molecular flexibility index (Phi) is 4.88. The number of sulfonamides is 1. The first-order valence-corrected chi connectivity index (χ1v) is 8.38. The molecule has 0 atom stereocenters. The molecule has 4 nitrogen and oxygen atoms in total. The molecule has 0 aliphatic carbocycles. The van der Waals surface area contributed by atoms with E-state index in [0.717, 1.165) is 0 Å². The van der Waals surface area contributed by atoms with Gasteiger partial charge in [0.25, 0.3) is 0 Å². The maximum absolute atomic E-state index is 13.1. The van der Waals surface area contributed by atoms with Crippen LogP contribution >= 0.6 is 27.5 Å². The van der Waals surface area contributed by atoms with Crippen molar-refractivity contribution in [3.8, 4) is 5.75 Å². The van der Waals surface area contributed by atoms with E-state index in [1.807, 2.05) is 0 Å². The van der Waals surface area contributed by atoms with Gasteiger partial charge in [-0.1, -0.05) is 39.7 Å². The highest BCUT2D eigenvalue weighted by atomic mass is 79.9. The Morgan fingerprint density at radius 2 is 2.00 bits per heavy atom. The lowest BCUT2D eigenvalue weighted by molar-refractivity contribution is 0.297. The van der Waals surface area contributed by atoms with Crippen LogP contribution in [-0.2, 0) is 16.6 Å². The monoisotopic (exact) mass is 393 g/mol. The van der Waals surface area contributed by atoms with E-state index in [9.17, 15) is 12.8 Å². The summed E-state index contributed by atoms with van der Waals surface area (Å²) in [5.41, 5.74) is 0.536. The first kappa shape index (κ1) is 16.2. The second-order valence-electron chi connectivity index (χ2n) is 4.18. The second-order valence-corrected chi connectivity index (χ2v) is 7.03. The lowest BCUT2D eigenvalue weighted by atomic mass is 10.2. The summed E-state index contributed by atoms with van der Waals surface area (Å²) >= 11 is 9.12. The summed E-state index contributed by atoms with van der Waals surface area (Å²) in [5.74, 6) is -0.476. The number of primary sulfonamides is 1. The third kappa shape index (κ3) is 4.16. The van der Waals surface area contributed by atoms with Crippen LogP contribution in [-0.4, -0.2) is 8.42 Å². The number of hydrogen-bond acceptors (Lipinski definition) is 3. The van der Waals surface area contributed by atoms with Crippen LogP contribution in [0.1, 0.15) is 5.56 Å². The van der Waals surface area contributed by atoms with E-state index in [1.54, 1.807) is 6.07 Å². The molecule has 0 heterocycles. The molecular weight excluding hydrogens is 385 g/mol. The van der Waals surface area contributed by atoms with Crippen molar-refractivity contribution in [2.24, 2.45) is 5.14 Å². The molecule has 2 rings (SSSR count). The molecule has 0 saturated carbocycles. The molecule has 0 bridgehead atoms. The lowest BCUT2D eigenvalue weighted by Crippen LogP contribution is -2.14. The van der Waals surface area contributed by atoms with Crippen LogP contribution in [0.4, 0.5) is 4.39 Å². The average molecular weight is 395 g/mol. The minimum absolute atomic E-state index is 0.0400. The Morgan fingerprint density at radius 1 is 1.29 bits per heavy atom. The van der Waals surface area contributed by atoms with Crippen LogP contribution in [0.15, 0.2) is 45.8 Å². The summed E-state index contributed by atoms with van der Waals surface area (Å²) in [6, 6.07) is 8.53. The topological polar surface area (TPSA) is 69.4 Å². The zero-order chi connectivity index (χ0) is 15.6. The lowest BCUT2D eigenvalue weighted by Gasteiger charge is -2.12. The van der Waals surface area contributed by atoms with Gasteiger partial charge in [-0.05, 0) is 29.8 Å². The van der Waals surface area contributed by atoms with Gasteiger partial charge in [0.1, 0.15) is 17.3 Å². The van der Waals surface area contributed by atoms with E-state index in [2.05, 4.69) is 15.9 Å². The van der Waals surface area contributed by atoms with E-state index in [-0.39, 0.29) is 22.3 Å². The largest absolute Gasteiger partial charge is 0.486 e. The first-order valence-electron chi connectivity index (χ1n) is 5.66. The summed E-state index contributed by atoms with van der Waals surface area (Å²) in [5, 5.41) is 5.23. The SMILES string of the molecule is NS(=O)(=O)c1cc(Br)cc(Cl)c1OCc1cccc(F)c1. The minimum atomic E-state index is -4.00. The molecule has 2 N–H and O–H groups in total. The van der Waals surface area contributed by atoms with E-state index in [0.29, 0.717) is 10.0 Å². The first-order chi connectivity index (χ1) is 9.77. The zero-order valence-corrected chi connectivity index (χ0v) is 13.7. The molecular formula is C13H10BrClFNO3S. The molecule has 0 spiro atoms. The van der Waals surface area contributed by atoms with E-state index in [4.69, 9.17) is 21.5 Å². The fraction of sp³-hybridized carbons (Fsp3) is 0.0769. The van der Waals surface area contributed by atoms with Crippen molar-refractivity contribution in [1.29, 1.82) is 0 Å². The van der Waals surface area contributed by atoms with Gasteiger partial charge in [0.2, 0.25) is 10.0 Å². The van der Waals surface area contributed by atoms with Crippen LogP contribution in [0.25, 0.3) is 0 Å². The number of hydrogen-bond donors (Lipinski definition) is 1. The molecule has 0 aliphatic rings. The quantitative estimate of drug-likeness (QED) is 0.863. The zero-order valence-electron chi connectivity index (χ0n) is 10.5. The van der Waals surface area contributed by atoms with Gasteiger partial charge >= 0.3 is 0 Å². The molecule has 8 heteroatoms. The van der Waals surface area contributed by atoms with Crippen LogP contribution in [0.2, 0.25) is 5.02 Å². The highest BCUT2D eigenvalue weighted by molar-refractivity contribution is 9.10. The fourth-order valence-corrected chi connectivity index (χ4v) is 3.46. The van der Waals surface area contributed by atoms with Crippen LogP contribution in [0.5, 0.6) is 5.75 Å². The predicted octanol–water partition coefficient (Wildman–Crippen LogP) is 3.47. The van der Waals surface area contributed by atoms with Crippen molar-refractivity contribution in [3.63, 3.8) is 0 Å². The summed E-state index contributed by atoms with van der Waals surface area (Å²) in [6.45, 7) is -0.0400. The van der Waals surface area contributed by atoms with Gasteiger partial charge in [0, 0.05) is 4.47 Å². The maximum Gasteiger partial charge on any atom is 0.241 e. The number of benzene rings is 2. The number of rotatable bonds is 4. The number of halogens is 3. The molecule has 21 heavy (non-hydrogen) atoms. The van der Waals surface area contributed by atoms with Crippen LogP contribution in [0, 0.1) is 5.82 Å². The third-order valence-electron chi connectivity index (χ3n) is 2.55. The molecule has 2 aromatic carbocycles. The van der Waals surface area contributed by atoms with Gasteiger partial charge in [-0.2, -0.15) is 0 Å². The molecule has 0 saturated heterocycles. The maximum atomic E-state index is 13.1. The molecule has 0 unspecified atom stereocenters. The smallest absolute Gasteiger partial charge is 0.241 e. The highest BCUT2D eigenvalue weighted by Gasteiger charge is 2.19. The Bertz CT molecular complexity index is 783. The van der Waals surface area contributed by atoms with Crippen LogP contribution in [0.3, 0.4) is 0 Å². The second kappa shape index (κ2) is 6.31. The van der Waals surface area contributed by atoms with Gasteiger partial charge in [0.15, 0.2) is 5.75 Å². The predicted molar refractivity (Wildman–Crippen MR) is 81.3 cm³/mol. The number of nitrogens with two attached hydrogens (primary N) is 1. The molecule has 112 valence electrons. The van der Waals surface area contributed by atoms with Crippen LogP contribution < -0.4 is 9.88 Å². The van der Waals surface area contributed by atoms with Gasteiger partial charge in [-0.25, -0.2) is 17.9 Å². The molecule has 0 amide bonds. The summed E-state index contributed by atoms with van der Waals surface area (Å²) in [6.07, 6.45) is 0. The van der Waals surface area contributed by atoms with Crippen molar-refractivity contribution in [1.82, 2.24) is 0 Å². The van der Waals surface area contributed by atoms with Gasteiger partial charge in [-0.15, -0.1) is 0 Å². The van der Waals surface area contributed by atoms with E-state index < -0.39 is 15.8 Å².